The smallest absolute Gasteiger partial charge is 0.180 e. The molecule has 0 amide bonds. The van der Waals surface area contributed by atoms with Crippen molar-refractivity contribution in [2.24, 2.45) is 0 Å². The van der Waals surface area contributed by atoms with Crippen molar-refractivity contribution < 1.29 is 9.84 Å². The van der Waals surface area contributed by atoms with Crippen LogP contribution in [-0.4, -0.2) is 46.4 Å². The van der Waals surface area contributed by atoms with Gasteiger partial charge in [-0.3, -0.25) is 4.98 Å². The first-order chi connectivity index (χ1) is 11.4. The van der Waals surface area contributed by atoms with Crippen LogP contribution in [0.2, 0.25) is 0 Å². The van der Waals surface area contributed by atoms with E-state index in [1.807, 2.05) is 42.5 Å². The molecule has 2 N–H and O–H groups in total. The summed E-state index contributed by atoms with van der Waals surface area (Å²) >= 11 is 0. The highest BCUT2D eigenvalue weighted by Gasteiger charge is 2.09. The summed E-state index contributed by atoms with van der Waals surface area (Å²) < 4.78 is 5.26. The number of hydrogen-bond acceptors (Lipinski definition) is 6. The number of pyridine rings is 1. The zero-order valence-corrected chi connectivity index (χ0v) is 12.6. The van der Waals surface area contributed by atoms with E-state index in [9.17, 15) is 0 Å². The molecule has 0 fully saturated rings. The molecule has 0 aliphatic carbocycles. The van der Waals surface area contributed by atoms with Gasteiger partial charge in [-0.15, -0.1) is 0 Å². The van der Waals surface area contributed by atoms with Crippen LogP contribution in [0.4, 0.5) is 5.82 Å². The van der Waals surface area contributed by atoms with Crippen molar-refractivity contribution in [1.82, 2.24) is 15.0 Å². The zero-order chi connectivity index (χ0) is 15.9. The number of rotatable bonds is 7. The van der Waals surface area contributed by atoms with Crippen molar-refractivity contribution >= 4 is 16.7 Å². The molecule has 1 aromatic carbocycles. The van der Waals surface area contributed by atoms with Gasteiger partial charge in [-0.1, -0.05) is 18.2 Å². The third-order valence-electron chi connectivity index (χ3n) is 3.27. The second kappa shape index (κ2) is 7.62. The van der Waals surface area contributed by atoms with Crippen LogP contribution < -0.4 is 5.32 Å². The number of aliphatic hydroxyl groups excluding tert-OH is 1. The van der Waals surface area contributed by atoms with Crippen LogP contribution in [-0.2, 0) is 4.74 Å². The maximum atomic E-state index is 8.71. The van der Waals surface area contributed by atoms with E-state index in [0.29, 0.717) is 25.6 Å². The number of nitrogens with zero attached hydrogens (tertiary/aromatic N) is 3. The predicted molar refractivity (Wildman–Crippen MR) is 89.2 cm³/mol. The van der Waals surface area contributed by atoms with Gasteiger partial charge in [-0.25, -0.2) is 9.97 Å². The number of hydrogen-bond donors (Lipinski definition) is 2. The van der Waals surface area contributed by atoms with Crippen LogP contribution >= 0.6 is 0 Å². The van der Waals surface area contributed by atoms with Crippen LogP contribution in [0.3, 0.4) is 0 Å². The SMILES string of the molecule is OCCOCCNc1nc(-c2ccccn2)nc2ccccc12. The summed E-state index contributed by atoms with van der Waals surface area (Å²) in [6.45, 7) is 1.46. The monoisotopic (exact) mass is 310 g/mol. The Bertz CT molecular complexity index is 765. The average molecular weight is 310 g/mol. The van der Waals surface area contributed by atoms with Crippen molar-refractivity contribution in [3.8, 4) is 11.5 Å². The number of para-hydroxylation sites is 1. The molecule has 0 atom stereocenters. The summed E-state index contributed by atoms with van der Waals surface area (Å²) in [4.78, 5) is 13.5. The topological polar surface area (TPSA) is 80.2 Å². The molecule has 0 radical (unpaired) electrons. The van der Waals surface area contributed by atoms with Gasteiger partial charge >= 0.3 is 0 Å². The molecular formula is C17H18N4O2. The van der Waals surface area contributed by atoms with E-state index in [0.717, 1.165) is 22.4 Å². The van der Waals surface area contributed by atoms with Crippen LogP contribution in [0.15, 0.2) is 48.7 Å². The van der Waals surface area contributed by atoms with E-state index in [1.54, 1.807) is 6.20 Å². The Morgan fingerprint density at radius 1 is 1.00 bits per heavy atom. The van der Waals surface area contributed by atoms with Gasteiger partial charge in [-0.05, 0) is 24.3 Å². The maximum absolute atomic E-state index is 8.71. The highest BCUT2D eigenvalue weighted by atomic mass is 16.5. The van der Waals surface area contributed by atoms with Crippen molar-refractivity contribution in [2.45, 2.75) is 0 Å². The van der Waals surface area contributed by atoms with Crippen LogP contribution in [0.25, 0.3) is 22.4 Å². The number of aliphatic hydroxyl groups is 1. The Hall–Kier alpha value is -2.57. The molecule has 6 heteroatoms. The Morgan fingerprint density at radius 2 is 1.87 bits per heavy atom. The lowest BCUT2D eigenvalue weighted by Gasteiger charge is -2.10. The highest BCUT2D eigenvalue weighted by molar-refractivity contribution is 5.90. The van der Waals surface area contributed by atoms with E-state index >= 15 is 0 Å². The van der Waals surface area contributed by atoms with Crippen molar-refractivity contribution in [3.05, 3.63) is 48.7 Å². The molecule has 0 bridgehead atoms. The number of anilines is 1. The summed E-state index contributed by atoms with van der Waals surface area (Å²) in [5, 5.41) is 12.9. The third-order valence-corrected chi connectivity index (χ3v) is 3.27. The van der Waals surface area contributed by atoms with E-state index < -0.39 is 0 Å². The summed E-state index contributed by atoms with van der Waals surface area (Å²) in [6.07, 6.45) is 1.73. The number of benzene rings is 1. The number of aromatic nitrogens is 3. The first-order valence-corrected chi connectivity index (χ1v) is 7.49. The minimum absolute atomic E-state index is 0.0280. The minimum Gasteiger partial charge on any atom is -0.394 e. The standard InChI is InChI=1S/C17H18N4O2/c22-10-12-23-11-9-19-16-13-5-1-2-6-14(13)20-17(21-16)15-7-3-4-8-18-15/h1-8,22H,9-12H2,(H,19,20,21). The molecule has 6 nitrogen and oxygen atoms in total. The Morgan fingerprint density at radius 3 is 2.70 bits per heavy atom. The predicted octanol–water partition coefficient (Wildman–Crippen LogP) is 2.11. The summed E-state index contributed by atoms with van der Waals surface area (Å²) in [6, 6.07) is 13.5. The second-order valence-corrected chi connectivity index (χ2v) is 4.89. The molecule has 2 heterocycles. The van der Waals surface area contributed by atoms with Gasteiger partial charge in [0.05, 0.1) is 25.3 Å². The molecule has 0 aliphatic heterocycles. The fraction of sp³-hybridized carbons (Fsp3) is 0.235. The van der Waals surface area contributed by atoms with Crippen molar-refractivity contribution in [2.75, 3.05) is 31.7 Å². The summed E-state index contributed by atoms with van der Waals surface area (Å²) in [5.74, 6) is 1.34. The lowest BCUT2D eigenvalue weighted by Crippen LogP contribution is -2.13. The molecule has 2 aromatic heterocycles. The van der Waals surface area contributed by atoms with Gasteiger partial charge < -0.3 is 15.2 Å². The maximum Gasteiger partial charge on any atom is 0.180 e. The van der Waals surface area contributed by atoms with Gasteiger partial charge in [0.1, 0.15) is 11.5 Å². The Balaban J connectivity index is 1.88. The fourth-order valence-corrected chi connectivity index (χ4v) is 2.23. The molecule has 118 valence electrons. The molecule has 0 unspecified atom stereocenters. The van der Waals surface area contributed by atoms with E-state index in [1.165, 1.54) is 0 Å². The first kappa shape index (κ1) is 15.3. The number of fused-ring (bicyclic) bond motifs is 1. The molecule has 3 rings (SSSR count). The zero-order valence-electron chi connectivity index (χ0n) is 12.6. The third kappa shape index (κ3) is 3.80. The Labute approximate surface area is 134 Å². The summed E-state index contributed by atoms with van der Waals surface area (Å²) in [5.41, 5.74) is 1.60. The van der Waals surface area contributed by atoms with Gasteiger partial charge in [0.25, 0.3) is 0 Å². The lowest BCUT2D eigenvalue weighted by molar-refractivity contribution is 0.0992. The van der Waals surface area contributed by atoms with E-state index in [-0.39, 0.29) is 6.61 Å². The minimum atomic E-state index is 0.0280. The van der Waals surface area contributed by atoms with Gasteiger partial charge in [0, 0.05) is 18.1 Å². The normalized spacial score (nSPS) is 10.8. The second-order valence-electron chi connectivity index (χ2n) is 4.89. The number of nitrogens with one attached hydrogen (secondary N) is 1. The molecule has 0 saturated carbocycles. The van der Waals surface area contributed by atoms with E-state index in [4.69, 9.17) is 9.84 Å². The summed E-state index contributed by atoms with van der Waals surface area (Å²) in [7, 11) is 0. The first-order valence-electron chi connectivity index (χ1n) is 7.49. The Kier molecular flexibility index (Phi) is 5.08. The average Bonchev–Trinajstić information content (AvgIpc) is 2.62. The quantitative estimate of drug-likeness (QED) is 0.651. The lowest BCUT2D eigenvalue weighted by atomic mass is 10.2. The molecule has 23 heavy (non-hydrogen) atoms. The van der Waals surface area contributed by atoms with Crippen LogP contribution in [0.5, 0.6) is 0 Å². The molecule has 3 aromatic rings. The number of ether oxygens (including phenoxy) is 1. The molecule has 0 saturated heterocycles. The van der Waals surface area contributed by atoms with E-state index in [2.05, 4.69) is 20.3 Å². The van der Waals surface area contributed by atoms with Gasteiger partial charge in [0.2, 0.25) is 0 Å². The largest absolute Gasteiger partial charge is 0.394 e. The molecule has 0 spiro atoms. The fourth-order valence-electron chi connectivity index (χ4n) is 2.23. The van der Waals surface area contributed by atoms with Crippen LogP contribution in [0, 0.1) is 0 Å². The molecular weight excluding hydrogens is 292 g/mol. The van der Waals surface area contributed by atoms with Gasteiger partial charge in [0.15, 0.2) is 5.82 Å². The molecule has 0 aliphatic rings. The van der Waals surface area contributed by atoms with Crippen molar-refractivity contribution in [1.29, 1.82) is 0 Å². The highest BCUT2D eigenvalue weighted by Crippen LogP contribution is 2.23. The van der Waals surface area contributed by atoms with Crippen LogP contribution in [0.1, 0.15) is 0 Å². The van der Waals surface area contributed by atoms with Crippen molar-refractivity contribution in [3.63, 3.8) is 0 Å². The van der Waals surface area contributed by atoms with Gasteiger partial charge in [-0.2, -0.15) is 0 Å².